The number of nitrogens with one attached hydrogen (secondary N) is 1. The lowest BCUT2D eigenvalue weighted by molar-refractivity contribution is -0.385. The van der Waals surface area contributed by atoms with E-state index in [2.05, 4.69) is 5.32 Å². The Balaban J connectivity index is 2.00. The molecule has 0 aliphatic heterocycles. The minimum Gasteiger partial charge on any atom is -0.396 e. The van der Waals surface area contributed by atoms with Crippen molar-refractivity contribution in [2.24, 2.45) is 5.92 Å². The molecule has 21 heavy (non-hydrogen) atoms. The van der Waals surface area contributed by atoms with E-state index in [1.807, 2.05) is 0 Å². The van der Waals surface area contributed by atoms with Gasteiger partial charge in [0.1, 0.15) is 0 Å². The van der Waals surface area contributed by atoms with Crippen molar-refractivity contribution in [2.45, 2.75) is 38.1 Å². The monoisotopic (exact) mass is 292 g/mol. The summed E-state index contributed by atoms with van der Waals surface area (Å²) < 4.78 is 0. The molecule has 0 heterocycles. The third-order valence-electron chi connectivity index (χ3n) is 4.03. The van der Waals surface area contributed by atoms with Crippen LogP contribution in [0.4, 0.5) is 5.69 Å². The number of hydrogen-bond acceptors (Lipinski definition) is 4. The molecule has 1 fully saturated rings. The van der Waals surface area contributed by atoms with Crippen molar-refractivity contribution in [3.05, 3.63) is 39.9 Å². The highest BCUT2D eigenvalue weighted by Gasteiger charge is 2.26. The molecule has 1 aromatic rings. The maximum atomic E-state index is 12.1. The Bertz CT molecular complexity index is 518. The minimum absolute atomic E-state index is 0.00813. The number of aliphatic hydroxyl groups is 1. The van der Waals surface area contributed by atoms with Gasteiger partial charge in [0.05, 0.1) is 11.3 Å². The molecule has 2 rings (SSSR count). The van der Waals surface area contributed by atoms with Crippen LogP contribution in [0.15, 0.2) is 24.3 Å². The molecule has 1 aliphatic rings. The van der Waals surface area contributed by atoms with E-state index in [1.54, 1.807) is 18.2 Å². The quantitative estimate of drug-likeness (QED) is 0.639. The topological polar surface area (TPSA) is 92.5 Å². The van der Waals surface area contributed by atoms with Gasteiger partial charge >= 0.3 is 0 Å². The Labute approximate surface area is 123 Å². The predicted molar refractivity (Wildman–Crippen MR) is 77.8 cm³/mol. The third kappa shape index (κ3) is 4.01. The molecule has 2 atom stereocenters. The number of carbonyl (C=O) groups excluding carboxylic acids is 1. The molecule has 2 unspecified atom stereocenters. The normalized spacial score (nSPS) is 21.8. The Hall–Kier alpha value is -1.95. The molecule has 2 N–H and O–H groups in total. The second kappa shape index (κ2) is 7.17. The summed E-state index contributed by atoms with van der Waals surface area (Å²) in [6.45, 7) is 0.0659. The number of nitro groups is 1. The van der Waals surface area contributed by atoms with Crippen LogP contribution >= 0.6 is 0 Å². The summed E-state index contributed by atoms with van der Waals surface area (Å²) in [6, 6.07) is 6.25. The third-order valence-corrected chi connectivity index (χ3v) is 4.03. The summed E-state index contributed by atoms with van der Waals surface area (Å²) in [6.07, 6.45) is 3.86. The summed E-state index contributed by atoms with van der Waals surface area (Å²) in [5, 5.41) is 23.2. The van der Waals surface area contributed by atoms with Crippen LogP contribution < -0.4 is 5.32 Å². The van der Waals surface area contributed by atoms with Gasteiger partial charge in [0, 0.05) is 30.2 Å². The van der Waals surface area contributed by atoms with E-state index in [4.69, 9.17) is 0 Å². The summed E-state index contributed by atoms with van der Waals surface area (Å²) in [7, 11) is 0. The number of nitro benzene ring substituents is 1. The van der Waals surface area contributed by atoms with Crippen LogP contribution in [0.5, 0.6) is 0 Å². The number of nitrogens with zero attached hydrogens (tertiary/aromatic N) is 1. The van der Waals surface area contributed by atoms with Gasteiger partial charge in [0.2, 0.25) is 5.91 Å². The van der Waals surface area contributed by atoms with Crippen molar-refractivity contribution in [3.63, 3.8) is 0 Å². The van der Waals surface area contributed by atoms with Crippen molar-refractivity contribution >= 4 is 11.6 Å². The first-order valence-electron chi connectivity index (χ1n) is 7.24. The summed E-state index contributed by atoms with van der Waals surface area (Å²) in [5.41, 5.74) is 0.381. The first-order valence-corrected chi connectivity index (χ1v) is 7.24. The fourth-order valence-electron chi connectivity index (χ4n) is 2.89. The molecular weight excluding hydrogens is 272 g/mol. The lowest BCUT2D eigenvalue weighted by atomic mass is 9.85. The lowest BCUT2D eigenvalue weighted by Crippen LogP contribution is -2.44. The van der Waals surface area contributed by atoms with E-state index in [9.17, 15) is 20.0 Å². The number of benzene rings is 1. The van der Waals surface area contributed by atoms with Crippen molar-refractivity contribution < 1.29 is 14.8 Å². The maximum Gasteiger partial charge on any atom is 0.273 e. The number of hydrogen-bond donors (Lipinski definition) is 2. The molecule has 6 nitrogen and oxygen atoms in total. The summed E-state index contributed by atoms with van der Waals surface area (Å²) in [5.74, 6) is -0.136. The van der Waals surface area contributed by atoms with Crippen molar-refractivity contribution in [3.8, 4) is 0 Å². The van der Waals surface area contributed by atoms with Gasteiger partial charge in [-0.25, -0.2) is 0 Å². The molecule has 0 radical (unpaired) electrons. The van der Waals surface area contributed by atoms with Crippen molar-refractivity contribution in [2.75, 3.05) is 6.61 Å². The highest BCUT2D eigenvalue weighted by Crippen LogP contribution is 2.24. The van der Waals surface area contributed by atoms with Gasteiger partial charge in [-0.05, 0) is 12.8 Å². The van der Waals surface area contributed by atoms with Gasteiger partial charge in [0.15, 0.2) is 0 Å². The van der Waals surface area contributed by atoms with E-state index in [1.165, 1.54) is 6.07 Å². The standard InChI is InChI=1S/C15H20N2O4/c18-10-12-6-1-3-7-13(12)16-15(19)9-11-5-2-4-8-14(11)17(20)21/h2,4-5,8,12-13,18H,1,3,6-7,9-10H2,(H,16,19). The van der Waals surface area contributed by atoms with Crippen molar-refractivity contribution in [1.82, 2.24) is 5.32 Å². The van der Waals surface area contributed by atoms with E-state index in [0.717, 1.165) is 25.7 Å². The fourth-order valence-corrected chi connectivity index (χ4v) is 2.89. The van der Waals surface area contributed by atoms with Gasteiger partial charge in [-0.2, -0.15) is 0 Å². The number of para-hydroxylation sites is 1. The van der Waals surface area contributed by atoms with Crippen LogP contribution in [0.1, 0.15) is 31.2 Å². The van der Waals surface area contributed by atoms with Crippen LogP contribution in [-0.4, -0.2) is 28.6 Å². The molecule has 1 saturated carbocycles. The number of rotatable bonds is 5. The fraction of sp³-hybridized carbons (Fsp3) is 0.533. The van der Waals surface area contributed by atoms with Crippen LogP contribution in [0.25, 0.3) is 0 Å². The SMILES string of the molecule is O=C(Cc1ccccc1[N+](=O)[O-])NC1CCCCC1CO. The van der Waals surface area contributed by atoms with Crippen LogP contribution in [0.3, 0.4) is 0 Å². The van der Waals surface area contributed by atoms with E-state index < -0.39 is 4.92 Å². The maximum absolute atomic E-state index is 12.1. The molecule has 0 bridgehead atoms. The Morgan fingerprint density at radius 2 is 2.05 bits per heavy atom. The number of carbonyl (C=O) groups is 1. The Morgan fingerprint density at radius 1 is 1.33 bits per heavy atom. The lowest BCUT2D eigenvalue weighted by Gasteiger charge is -2.30. The average Bonchev–Trinajstić information content (AvgIpc) is 2.48. The van der Waals surface area contributed by atoms with Crippen molar-refractivity contribution in [1.29, 1.82) is 0 Å². The smallest absolute Gasteiger partial charge is 0.273 e. The Morgan fingerprint density at radius 3 is 2.76 bits per heavy atom. The van der Waals surface area contributed by atoms with Crippen LogP contribution in [0, 0.1) is 16.0 Å². The Kier molecular flexibility index (Phi) is 5.27. The average molecular weight is 292 g/mol. The number of amides is 1. The molecule has 1 aromatic carbocycles. The van der Waals surface area contributed by atoms with Gasteiger partial charge < -0.3 is 10.4 Å². The first-order chi connectivity index (χ1) is 10.1. The largest absolute Gasteiger partial charge is 0.396 e. The van der Waals surface area contributed by atoms with Gasteiger partial charge in [-0.1, -0.05) is 31.0 Å². The van der Waals surface area contributed by atoms with Crippen LogP contribution in [0.2, 0.25) is 0 Å². The summed E-state index contributed by atoms with van der Waals surface area (Å²) >= 11 is 0. The van der Waals surface area contributed by atoms with E-state index >= 15 is 0 Å². The predicted octanol–water partition coefficient (Wildman–Crippen LogP) is 1.80. The van der Waals surface area contributed by atoms with Gasteiger partial charge in [-0.15, -0.1) is 0 Å². The van der Waals surface area contributed by atoms with E-state index in [0.29, 0.717) is 5.56 Å². The second-order valence-corrected chi connectivity index (χ2v) is 5.46. The zero-order chi connectivity index (χ0) is 15.2. The molecule has 6 heteroatoms. The molecule has 1 amide bonds. The van der Waals surface area contributed by atoms with E-state index in [-0.39, 0.29) is 36.6 Å². The highest BCUT2D eigenvalue weighted by atomic mass is 16.6. The molecule has 0 aromatic heterocycles. The second-order valence-electron chi connectivity index (χ2n) is 5.46. The van der Waals surface area contributed by atoms with Crippen LogP contribution in [-0.2, 0) is 11.2 Å². The molecular formula is C15H20N2O4. The highest BCUT2D eigenvalue weighted by molar-refractivity contribution is 5.80. The zero-order valence-electron chi connectivity index (χ0n) is 11.8. The molecule has 114 valence electrons. The first kappa shape index (κ1) is 15.4. The summed E-state index contributed by atoms with van der Waals surface area (Å²) in [4.78, 5) is 22.6. The minimum atomic E-state index is -0.472. The molecule has 0 spiro atoms. The molecule has 1 aliphatic carbocycles. The number of aliphatic hydroxyl groups excluding tert-OH is 1. The zero-order valence-corrected chi connectivity index (χ0v) is 11.8. The van der Waals surface area contributed by atoms with Gasteiger partial charge in [-0.3, -0.25) is 14.9 Å². The van der Waals surface area contributed by atoms with Gasteiger partial charge in [0.25, 0.3) is 5.69 Å². The molecule has 0 saturated heterocycles.